The van der Waals surface area contributed by atoms with Gasteiger partial charge < -0.3 is 0 Å². The van der Waals surface area contributed by atoms with Gasteiger partial charge in [-0.05, 0) is 31.5 Å². The lowest BCUT2D eigenvalue weighted by atomic mass is 10.0. The van der Waals surface area contributed by atoms with Gasteiger partial charge in [0, 0.05) is 6.04 Å². The second kappa shape index (κ2) is 4.10. The van der Waals surface area contributed by atoms with Crippen molar-refractivity contribution in [3.63, 3.8) is 0 Å². The number of hydrogen-bond acceptors (Lipinski definition) is 3. The van der Waals surface area contributed by atoms with Crippen LogP contribution in [0.1, 0.15) is 23.7 Å². The lowest BCUT2D eigenvalue weighted by Crippen LogP contribution is -2.54. The van der Waals surface area contributed by atoms with Gasteiger partial charge in [0.05, 0.1) is 5.75 Å². The first-order chi connectivity index (χ1) is 8.18. The van der Waals surface area contributed by atoms with Crippen molar-refractivity contribution in [2.45, 2.75) is 24.1 Å². The largest absolute Gasteiger partial charge is 0.298 e. The van der Waals surface area contributed by atoms with Crippen LogP contribution in [0.5, 0.6) is 0 Å². The zero-order valence-electron chi connectivity index (χ0n) is 9.75. The molecular weight excluding hydrogens is 234 g/mol. The fourth-order valence-electron chi connectivity index (χ4n) is 2.99. The average Bonchev–Trinajstić information content (AvgIpc) is 2.80. The Labute approximate surface area is 102 Å². The van der Waals surface area contributed by atoms with Gasteiger partial charge in [0.2, 0.25) is 0 Å². The summed E-state index contributed by atoms with van der Waals surface area (Å²) in [6, 6.07) is 9.85. The van der Waals surface area contributed by atoms with Crippen molar-refractivity contribution in [1.29, 1.82) is 0 Å². The Morgan fingerprint density at radius 1 is 1.06 bits per heavy atom. The molecule has 2 aliphatic heterocycles. The van der Waals surface area contributed by atoms with E-state index in [-0.39, 0.29) is 11.3 Å². The van der Waals surface area contributed by atoms with Crippen LogP contribution < -0.4 is 0 Å². The number of likely N-dealkylation sites (tertiary alicyclic amines) is 1. The van der Waals surface area contributed by atoms with E-state index in [0.717, 1.165) is 18.7 Å². The second-order valence-electron chi connectivity index (χ2n) is 4.97. The predicted molar refractivity (Wildman–Crippen MR) is 67.6 cm³/mol. The summed E-state index contributed by atoms with van der Waals surface area (Å²) in [6.45, 7) is 2.12. The van der Waals surface area contributed by atoms with Crippen molar-refractivity contribution in [2.75, 3.05) is 18.8 Å². The van der Waals surface area contributed by atoms with E-state index in [1.54, 1.807) is 0 Å². The van der Waals surface area contributed by atoms with Gasteiger partial charge in [0.15, 0.2) is 9.84 Å². The summed E-state index contributed by atoms with van der Waals surface area (Å²) in [5.74, 6) is 0.340. The van der Waals surface area contributed by atoms with Gasteiger partial charge in [0.1, 0.15) is 5.25 Å². The number of sulfone groups is 1. The fourth-order valence-corrected chi connectivity index (χ4v) is 5.04. The van der Waals surface area contributed by atoms with Crippen molar-refractivity contribution in [3.8, 4) is 0 Å². The van der Waals surface area contributed by atoms with Crippen LogP contribution >= 0.6 is 0 Å². The highest BCUT2D eigenvalue weighted by atomic mass is 32.2. The smallest absolute Gasteiger partial charge is 0.160 e. The third-order valence-corrected chi connectivity index (χ3v) is 6.04. The van der Waals surface area contributed by atoms with Gasteiger partial charge in [-0.15, -0.1) is 0 Å². The molecule has 2 fully saturated rings. The van der Waals surface area contributed by atoms with Crippen LogP contribution in [0.25, 0.3) is 0 Å². The summed E-state index contributed by atoms with van der Waals surface area (Å²) in [5.41, 5.74) is 0.954. The van der Waals surface area contributed by atoms with Gasteiger partial charge in [-0.3, -0.25) is 4.90 Å². The van der Waals surface area contributed by atoms with Crippen molar-refractivity contribution < 1.29 is 8.42 Å². The highest BCUT2D eigenvalue weighted by molar-refractivity contribution is 7.93. The van der Waals surface area contributed by atoms with Gasteiger partial charge in [0.25, 0.3) is 0 Å². The predicted octanol–water partition coefficient (Wildman–Crippen LogP) is 1.62. The number of rotatable bonds is 2. The number of benzene rings is 1. The Balaban J connectivity index is 1.89. The van der Waals surface area contributed by atoms with Crippen molar-refractivity contribution in [1.82, 2.24) is 4.90 Å². The lowest BCUT2D eigenvalue weighted by molar-refractivity contribution is 0.233. The second-order valence-corrected chi connectivity index (χ2v) is 7.14. The first-order valence-electron chi connectivity index (χ1n) is 6.19. The zero-order chi connectivity index (χ0) is 11.9. The van der Waals surface area contributed by atoms with Crippen LogP contribution in [-0.4, -0.2) is 38.2 Å². The molecule has 0 unspecified atom stereocenters. The number of nitrogens with zero attached hydrogens (tertiary/aromatic N) is 1. The Bertz CT molecular complexity index is 491. The van der Waals surface area contributed by atoms with Crippen molar-refractivity contribution >= 4 is 9.84 Å². The van der Waals surface area contributed by atoms with Crippen LogP contribution in [-0.2, 0) is 9.84 Å². The quantitative estimate of drug-likeness (QED) is 0.801. The van der Waals surface area contributed by atoms with E-state index in [0.29, 0.717) is 5.75 Å². The van der Waals surface area contributed by atoms with E-state index in [2.05, 4.69) is 4.90 Å². The third kappa shape index (κ3) is 1.89. The molecule has 0 aliphatic carbocycles. The molecule has 0 N–H and O–H groups in total. The topological polar surface area (TPSA) is 37.4 Å². The van der Waals surface area contributed by atoms with Crippen molar-refractivity contribution in [2.24, 2.45) is 0 Å². The van der Waals surface area contributed by atoms with Gasteiger partial charge in [-0.25, -0.2) is 8.42 Å². The highest BCUT2D eigenvalue weighted by Gasteiger charge is 2.49. The average molecular weight is 251 g/mol. The lowest BCUT2D eigenvalue weighted by Gasteiger charge is -2.42. The molecule has 0 saturated carbocycles. The summed E-state index contributed by atoms with van der Waals surface area (Å²) in [4.78, 5) is 2.35. The van der Waals surface area contributed by atoms with E-state index in [1.807, 2.05) is 30.3 Å². The minimum Gasteiger partial charge on any atom is -0.298 e. The summed E-state index contributed by atoms with van der Waals surface area (Å²) in [5, 5.41) is -0.290. The van der Waals surface area contributed by atoms with Crippen LogP contribution in [0, 0.1) is 0 Å². The minimum atomic E-state index is -2.90. The van der Waals surface area contributed by atoms with E-state index < -0.39 is 9.84 Å². The Hall–Kier alpha value is -0.870. The molecule has 3 rings (SSSR count). The standard InChI is InChI=1S/C13H17NO2S/c15-17(16)10-12(14-8-4-5-9-14)13(17)11-6-2-1-3-7-11/h1-3,6-7,12-13H,4-5,8-10H2/t12-,13+/m0/s1. The Kier molecular flexibility index (Phi) is 2.71. The van der Waals surface area contributed by atoms with Gasteiger partial charge in [-0.2, -0.15) is 0 Å². The molecule has 0 bridgehead atoms. The van der Waals surface area contributed by atoms with Gasteiger partial charge in [-0.1, -0.05) is 30.3 Å². The maximum absolute atomic E-state index is 12.0. The molecule has 1 aromatic carbocycles. The van der Waals surface area contributed by atoms with Crippen LogP contribution in [0.15, 0.2) is 30.3 Å². The van der Waals surface area contributed by atoms with Crippen molar-refractivity contribution in [3.05, 3.63) is 35.9 Å². The molecular formula is C13H17NO2S. The summed E-state index contributed by atoms with van der Waals surface area (Å²) < 4.78 is 23.9. The molecule has 3 nitrogen and oxygen atoms in total. The third-order valence-electron chi connectivity index (χ3n) is 3.88. The summed E-state index contributed by atoms with van der Waals surface area (Å²) in [6.07, 6.45) is 2.41. The molecule has 2 aliphatic rings. The van der Waals surface area contributed by atoms with Crippen LogP contribution in [0.4, 0.5) is 0 Å². The molecule has 2 atom stereocenters. The molecule has 2 saturated heterocycles. The molecule has 2 heterocycles. The molecule has 0 radical (unpaired) electrons. The first kappa shape index (κ1) is 11.2. The normalized spacial score (nSPS) is 32.2. The van der Waals surface area contributed by atoms with E-state index in [1.165, 1.54) is 12.8 Å². The van der Waals surface area contributed by atoms with Crippen LogP contribution in [0.3, 0.4) is 0 Å². The first-order valence-corrected chi connectivity index (χ1v) is 7.90. The molecule has 92 valence electrons. The zero-order valence-corrected chi connectivity index (χ0v) is 10.6. The SMILES string of the molecule is O=S1(=O)C[C@H](N2CCCC2)[C@H]1c1ccccc1. The summed E-state index contributed by atoms with van der Waals surface area (Å²) >= 11 is 0. The van der Waals surface area contributed by atoms with Gasteiger partial charge >= 0.3 is 0 Å². The van der Waals surface area contributed by atoms with E-state index in [9.17, 15) is 8.42 Å². The molecule has 4 heteroatoms. The highest BCUT2D eigenvalue weighted by Crippen LogP contribution is 2.40. The number of hydrogen-bond donors (Lipinski definition) is 0. The molecule has 17 heavy (non-hydrogen) atoms. The molecule has 0 amide bonds. The van der Waals surface area contributed by atoms with Crippen LogP contribution in [0.2, 0.25) is 0 Å². The maximum atomic E-state index is 12.0. The minimum absolute atomic E-state index is 0.213. The molecule has 0 spiro atoms. The van der Waals surface area contributed by atoms with E-state index >= 15 is 0 Å². The Morgan fingerprint density at radius 2 is 1.71 bits per heavy atom. The van der Waals surface area contributed by atoms with E-state index in [4.69, 9.17) is 0 Å². The molecule has 1 aromatic rings. The fraction of sp³-hybridized carbons (Fsp3) is 0.538. The Morgan fingerprint density at radius 3 is 2.29 bits per heavy atom. The molecule has 0 aromatic heterocycles. The monoisotopic (exact) mass is 251 g/mol. The summed E-state index contributed by atoms with van der Waals surface area (Å²) in [7, 11) is -2.90. The maximum Gasteiger partial charge on any atom is 0.160 e.